The third-order valence-corrected chi connectivity index (χ3v) is 3.50. The van der Waals surface area contributed by atoms with E-state index in [-0.39, 0.29) is 12.1 Å². The maximum Gasteiger partial charge on any atom is 0.410 e. The van der Waals surface area contributed by atoms with E-state index >= 15 is 0 Å². The highest BCUT2D eigenvalue weighted by atomic mass is 16.6. The van der Waals surface area contributed by atoms with Crippen molar-refractivity contribution in [2.24, 2.45) is 5.73 Å². The maximum absolute atomic E-state index is 12.0. The van der Waals surface area contributed by atoms with E-state index in [4.69, 9.17) is 14.9 Å². The Kier molecular flexibility index (Phi) is 4.90. The number of carbonyl (C=O) groups is 1. The smallest absolute Gasteiger partial charge is 0.410 e. The molecule has 1 unspecified atom stereocenters. The number of hydrogen-bond acceptors (Lipinski definition) is 5. The topological polar surface area (TPSA) is 71.9 Å². The first kappa shape index (κ1) is 15.9. The molecule has 0 radical (unpaired) electrons. The lowest BCUT2D eigenvalue weighted by molar-refractivity contribution is 0.00963. The first-order valence-electron chi connectivity index (χ1n) is 7.36. The number of nitrogens with zero attached hydrogens (tertiary/aromatic N) is 2. The van der Waals surface area contributed by atoms with Crippen molar-refractivity contribution >= 4 is 6.09 Å². The second-order valence-corrected chi connectivity index (χ2v) is 6.27. The van der Waals surface area contributed by atoms with Crippen LogP contribution in [0.15, 0.2) is 22.8 Å². The highest BCUT2D eigenvalue weighted by Gasteiger charge is 2.29. The summed E-state index contributed by atoms with van der Waals surface area (Å²) >= 11 is 0. The highest BCUT2D eigenvalue weighted by Crippen LogP contribution is 2.22. The summed E-state index contributed by atoms with van der Waals surface area (Å²) in [6.07, 6.45) is 1.42. The number of amides is 1. The van der Waals surface area contributed by atoms with Gasteiger partial charge in [0.2, 0.25) is 0 Å². The molecule has 0 saturated carbocycles. The Labute approximate surface area is 125 Å². The second-order valence-electron chi connectivity index (χ2n) is 6.27. The number of piperazine rings is 1. The van der Waals surface area contributed by atoms with E-state index < -0.39 is 5.60 Å². The molecule has 21 heavy (non-hydrogen) atoms. The van der Waals surface area contributed by atoms with Crippen LogP contribution in [0.2, 0.25) is 0 Å². The SMILES string of the molecule is CC(C)(C)OC(=O)N1CCN(C(CN)c2ccco2)CC1. The zero-order chi connectivity index (χ0) is 15.5. The molecule has 1 saturated heterocycles. The third kappa shape index (κ3) is 4.22. The summed E-state index contributed by atoms with van der Waals surface area (Å²) < 4.78 is 10.8. The number of nitrogens with two attached hydrogens (primary N) is 1. The summed E-state index contributed by atoms with van der Waals surface area (Å²) in [5, 5.41) is 0. The van der Waals surface area contributed by atoms with Crippen molar-refractivity contribution in [2.75, 3.05) is 32.7 Å². The predicted octanol–water partition coefficient (Wildman–Crippen LogP) is 1.83. The highest BCUT2D eigenvalue weighted by molar-refractivity contribution is 5.68. The molecule has 2 N–H and O–H groups in total. The van der Waals surface area contributed by atoms with E-state index in [1.165, 1.54) is 0 Å². The molecule has 1 aliphatic heterocycles. The van der Waals surface area contributed by atoms with E-state index in [1.807, 2.05) is 32.9 Å². The first-order valence-corrected chi connectivity index (χ1v) is 7.36. The molecule has 1 aromatic rings. The molecule has 0 bridgehead atoms. The Bertz CT molecular complexity index is 445. The van der Waals surface area contributed by atoms with E-state index in [0.717, 1.165) is 18.8 Å². The van der Waals surface area contributed by atoms with Gasteiger partial charge >= 0.3 is 6.09 Å². The Morgan fingerprint density at radius 1 is 1.38 bits per heavy atom. The third-order valence-electron chi connectivity index (χ3n) is 3.50. The molecule has 0 aromatic carbocycles. The van der Waals surface area contributed by atoms with Gasteiger partial charge in [-0.05, 0) is 32.9 Å². The summed E-state index contributed by atoms with van der Waals surface area (Å²) in [6.45, 7) is 8.95. The minimum absolute atomic E-state index is 0.0702. The summed E-state index contributed by atoms with van der Waals surface area (Å²) in [4.78, 5) is 16.0. The fraction of sp³-hybridized carbons (Fsp3) is 0.667. The van der Waals surface area contributed by atoms with E-state index in [1.54, 1.807) is 11.2 Å². The van der Waals surface area contributed by atoms with Crippen LogP contribution in [0.5, 0.6) is 0 Å². The Hall–Kier alpha value is -1.53. The van der Waals surface area contributed by atoms with Gasteiger partial charge in [-0.15, -0.1) is 0 Å². The number of furan rings is 1. The van der Waals surface area contributed by atoms with Crippen LogP contribution >= 0.6 is 0 Å². The van der Waals surface area contributed by atoms with Crippen LogP contribution in [0.3, 0.4) is 0 Å². The summed E-state index contributed by atoms with van der Waals surface area (Å²) in [5.74, 6) is 0.878. The molecule has 1 aliphatic rings. The lowest BCUT2D eigenvalue weighted by Crippen LogP contribution is -2.51. The molecule has 1 fully saturated rings. The van der Waals surface area contributed by atoms with Gasteiger partial charge in [-0.3, -0.25) is 4.90 Å². The molecule has 1 amide bonds. The molecule has 0 aliphatic carbocycles. The number of ether oxygens (including phenoxy) is 1. The van der Waals surface area contributed by atoms with Crippen LogP contribution in [0, 0.1) is 0 Å². The maximum atomic E-state index is 12.0. The monoisotopic (exact) mass is 295 g/mol. The number of rotatable bonds is 3. The summed E-state index contributed by atoms with van der Waals surface area (Å²) in [7, 11) is 0. The standard InChI is InChI=1S/C15H25N3O3/c1-15(2,3)21-14(19)18-8-6-17(7-9-18)12(11-16)13-5-4-10-20-13/h4-5,10,12H,6-9,11,16H2,1-3H3. The fourth-order valence-electron chi connectivity index (χ4n) is 2.47. The van der Waals surface area contributed by atoms with Crippen LogP contribution < -0.4 is 5.73 Å². The minimum Gasteiger partial charge on any atom is -0.468 e. The zero-order valence-corrected chi connectivity index (χ0v) is 13.0. The lowest BCUT2D eigenvalue weighted by atomic mass is 10.1. The van der Waals surface area contributed by atoms with Gasteiger partial charge in [0.05, 0.1) is 12.3 Å². The largest absolute Gasteiger partial charge is 0.468 e. The van der Waals surface area contributed by atoms with E-state index in [0.29, 0.717) is 19.6 Å². The second kappa shape index (κ2) is 6.49. The van der Waals surface area contributed by atoms with Gasteiger partial charge in [-0.25, -0.2) is 4.79 Å². The first-order chi connectivity index (χ1) is 9.90. The minimum atomic E-state index is -0.456. The quantitative estimate of drug-likeness (QED) is 0.921. The Morgan fingerprint density at radius 3 is 2.52 bits per heavy atom. The van der Waals surface area contributed by atoms with Crippen molar-refractivity contribution in [1.82, 2.24) is 9.80 Å². The average molecular weight is 295 g/mol. The summed E-state index contributed by atoms with van der Waals surface area (Å²) in [6, 6.07) is 3.88. The van der Waals surface area contributed by atoms with Crippen molar-refractivity contribution in [2.45, 2.75) is 32.4 Å². The van der Waals surface area contributed by atoms with Crippen molar-refractivity contribution < 1.29 is 13.9 Å². The molecular formula is C15H25N3O3. The average Bonchev–Trinajstić information content (AvgIpc) is 2.92. The molecular weight excluding hydrogens is 270 g/mol. The molecule has 1 aromatic heterocycles. The Morgan fingerprint density at radius 2 is 2.05 bits per heavy atom. The molecule has 6 nitrogen and oxygen atoms in total. The zero-order valence-electron chi connectivity index (χ0n) is 13.0. The summed E-state index contributed by atoms with van der Waals surface area (Å²) in [5.41, 5.74) is 5.41. The van der Waals surface area contributed by atoms with E-state index in [2.05, 4.69) is 4.90 Å². The fourth-order valence-corrected chi connectivity index (χ4v) is 2.47. The molecule has 0 spiro atoms. The van der Waals surface area contributed by atoms with Gasteiger partial charge in [0.15, 0.2) is 0 Å². The van der Waals surface area contributed by atoms with Gasteiger partial charge in [-0.1, -0.05) is 0 Å². The normalized spacial score (nSPS) is 18.6. The molecule has 2 heterocycles. The lowest BCUT2D eigenvalue weighted by Gasteiger charge is -2.38. The number of hydrogen-bond donors (Lipinski definition) is 1. The Balaban J connectivity index is 1.89. The van der Waals surface area contributed by atoms with E-state index in [9.17, 15) is 4.79 Å². The molecule has 118 valence electrons. The van der Waals surface area contributed by atoms with Crippen LogP contribution in [-0.4, -0.2) is 54.2 Å². The molecule has 2 rings (SSSR count). The van der Waals surface area contributed by atoms with Crippen molar-refractivity contribution in [3.05, 3.63) is 24.2 Å². The van der Waals surface area contributed by atoms with Gasteiger partial charge in [-0.2, -0.15) is 0 Å². The van der Waals surface area contributed by atoms with Gasteiger partial charge < -0.3 is 19.8 Å². The van der Waals surface area contributed by atoms with Crippen molar-refractivity contribution in [3.8, 4) is 0 Å². The molecule has 1 atom stereocenters. The number of carbonyl (C=O) groups excluding carboxylic acids is 1. The van der Waals surface area contributed by atoms with Crippen LogP contribution in [-0.2, 0) is 4.74 Å². The van der Waals surface area contributed by atoms with Gasteiger partial charge in [0, 0.05) is 32.7 Å². The van der Waals surface area contributed by atoms with Crippen molar-refractivity contribution in [3.63, 3.8) is 0 Å². The molecule has 6 heteroatoms. The predicted molar refractivity (Wildman–Crippen MR) is 79.9 cm³/mol. The van der Waals surface area contributed by atoms with Crippen LogP contribution in [0.4, 0.5) is 4.79 Å². The van der Waals surface area contributed by atoms with Gasteiger partial charge in [0.25, 0.3) is 0 Å². The van der Waals surface area contributed by atoms with Crippen LogP contribution in [0.1, 0.15) is 32.6 Å². The van der Waals surface area contributed by atoms with Crippen molar-refractivity contribution in [1.29, 1.82) is 0 Å². The van der Waals surface area contributed by atoms with Gasteiger partial charge in [0.1, 0.15) is 11.4 Å². The van der Waals surface area contributed by atoms with Crippen LogP contribution in [0.25, 0.3) is 0 Å².